The van der Waals surface area contributed by atoms with Gasteiger partial charge < -0.3 is 19.7 Å². The van der Waals surface area contributed by atoms with Crippen molar-refractivity contribution in [1.29, 1.82) is 0 Å². The quantitative estimate of drug-likeness (QED) is 0.887. The van der Waals surface area contributed by atoms with E-state index < -0.39 is 11.6 Å². The van der Waals surface area contributed by atoms with Gasteiger partial charge in [-0.2, -0.15) is 0 Å². The van der Waals surface area contributed by atoms with E-state index >= 15 is 0 Å². The molecule has 20 heavy (non-hydrogen) atoms. The Hall–Kier alpha value is -1.24. The highest BCUT2D eigenvalue weighted by Gasteiger charge is 2.20. The Morgan fingerprint density at radius 1 is 1.40 bits per heavy atom. The van der Waals surface area contributed by atoms with Gasteiger partial charge in [-0.1, -0.05) is 0 Å². The van der Waals surface area contributed by atoms with Crippen LogP contribution in [0.1, 0.15) is 5.56 Å². The summed E-state index contributed by atoms with van der Waals surface area (Å²) < 4.78 is 38.4. The molecular formula is C14H20F2N2O2. The van der Waals surface area contributed by atoms with E-state index in [0.717, 1.165) is 6.54 Å². The first-order chi connectivity index (χ1) is 9.60. The van der Waals surface area contributed by atoms with E-state index in [1.165, 1.54) is 12.1 Å². The summed E-state index contributed by atoms with van der Waals surface area (Å²) in [6.45, 7) is 2.71. The monoisotopic (exact) mass is 286 g/mol. The third-order valence-electron chi connectivity index (χ3n) is 3.19. The van der Waals surface area contributed by atoms with Crippen molar-refractivity contribution >= 4 is 0 Å². The van der Waals surface area contributed by atoms with Crippen LogP contribution in [0.2, 0.25) is 0 Å². The lowest BCUT2D eigenvalue weighted by atomic mass is 10.2. The Morgan fingerprint density at radius 2 is 2.10 bits per heavy atom. The van der Waals surface area contributed by atoms with Gasteiger partial charge in [-0.05, 0) is 31.8 Å². The predicted molar refractivity (Wildman–Crippen MR) is 71.9 cm³/mol. The van der Waals surface area contributed by atoms with Crippen molar-refractivity contribution < 1.29 is 18.3 Å². The lowest BCUT2D eigenvalue weighted by molar-refractivity contribution is -0.0413. The van der Waals surface area contributed by atoms with Crippen LogP contribution in [0.15, 0.2) is 12.1 Å². The highest BCUT2D eigenvalue weighted by atomic mass is 19.1. The van der Waals surface area contributed by atoms with E-state index in [9.17, 15) is 8.78 Å². The van der Waals surface area contributed by atoms with Gasteiger partial charge in [-0.25, -0.2) is 8.78 Å². The molecule has 4 nitrogen and oxygen atoms in total. The van der Waals surface area contributed by atoms with Crippen LogP contribution < -0.4 is 10.1 Å². The number of rotatable bonds is 5. The van der Waals surface area contributed by atoms with Gasteiger partial charge in [0, 0.05) is 19.6 Å². The summed E-state index contributed by atoms with van der Waals surface area (Å²) in [6, 6.07) is 2.56. The van der Waals surface area contributed by atoms with Crippen molar-refractivity contribution in [3.05, 3.63) is 29.3 Å². The molecule has 1 atom stereocenters. The van der Waals surface area contributed by atoms with Crippen molar-refractivity contribution in [2.45, 2.75) is 12.6 Å². The Labute approximate surface area is 117 Å². The topological polar surface area (TPSA) is 33.7 Å². The van der Waals surface area contributed by atoms with Gasteiger partial charge in [-0.15, -0.1) is 0 Å². The number of morpholine rings is 1. The zero-order chi connectivity index (χ0) is 14.5. The second-order valence-corrected chi connectivity index (χ2v) is 4.98. The molecule has 1 saturated heterocycles. The number of hydrogen-bond acceptors (Lipinski definition) is 4. The summed E-state index contributed by atoms with van der Waals surface area (Å²) in [5, 5.41) is 2.85. The maximum Gasteiger partial charge on any atom is 0.190 e. The molecule has 6 heteroatoms. The number of halogens is 2. The molecule has 0 spiro atoms. The number of ether oxygens (including phenoxy) is 2. The molecule has 1 heterocycles. The van der Waals surface area contributed by atoms with Crippen molar-refractivity contribution in [2.24, 2.45) is 0 Å². The molecular weight excluding hydrogens is 266 g/mol. The maximum absolute atomic E-state index is 13.8. The Balaban J connectivity index is 1.98. The maximum atomic E-state index is 13.8. The average Bonchev–Trinajstić information content (AvgIpc) is 2.38. The molecule has 1 fully saturated rings. The van der Waals surface area contributed by atoms with E-state index in [4.69, 9.17) is 9.47 Å². The van der Waals surface area contributed by atoms with Gasteiger partial charge >= 0.3 is 0 Å². The molecule has 0 saturated carbocycles. The molecule has 0 radical (unpaired) electrons. The van der Waals surface area contributed by atoms with Gasteiger partial charge in [0.25, 0.3) is 0 Å². The minimum Gasteiger partial charge on any atom is -0.485 e. The summed E-state index contributed by atoms with van der Waals surface area (Å²) in [4.78, 5) is 2.10. The third-order valence-corrected chi connectivity index (χ3v) is 3.19. The second kappa shape index (κ2) is 6.97. The summed E-state index contributed by atoms with van der Waals surface area (Å²) in [5.74, 6) is -1.69. The highest BCUT2D eigenvalue weighted by Crippen LogP contribution is 2.24. The largest absolute Gasteiger partial charge is 0.485 e. The van der Waals surface area contributed by atoms with Crippen molar-refractivity contribution in [2.75, 3.05) is 40.4 Å². The normalized spacial score (nSPS) is 20.1. The minimum atomic E-state index is -0.681. The SMILES string of the molecule is CNCc1cc(F)c(OCC2CN(C)CCO2)c(F)c1. The van der Waals surface area contributed by atoms with Crippen LogP contribution in [-0.4, -0.2) is 51.4 Å². The Morgan fingerprint density at radius 3 is 2.70 bits per heavy atom. The van der Waals surface area contributed by atoms with Crippen molar-refractivity contribution in [1.82, 2.24) is 10.2 Å². The zero-order valence-electron chi connectivity index (χ0n) is 11.8. The van der Waals surface area contributed by atoms with Crippen LogP contribution in [0.5, 0.6) is 5.75 Å². The molecule has 112 valence electrons. The van der Waals surface area contributed by atoms with E-state index in [1.807, 2.05) is 7.05 Å². The lowest BCUT2D eigenvalue weighted by Crippen LogP contribution is -2.42. The molecule has 1 aliphatic rings. The van der Waals surface area contributed by atoms with Gasteiger partial charge in [0.05, 0.1) is 6.61 Å². The molecule has 1 aliphatic heterocycles. The number of nitrogens with one attached hydrogen (secondary N) is 1. The first kappa shape index (κ1) is 15.2. The lowest BCUT2D eigenvalue weighted by Gasteiger charge is -2.29. The van der Waals surface area contributed by atoms with Crippen LogP contribution in [0.3, 0.4) is 0 Å². The van der Waals surface area contributed by atoms with E-state index in [0.29, 0.717) is 25.3 Å². The third kappa shape index (κ3) is 3.88. The van der Waals surface area contributed by atoms with E-state index in [1.54, 1.807) is 7.05 Å². The van der Waals surface area contributed by atoms with Gasteiger partial charge in [0.1, 0.15) is 12.7 Å². The predicted octanol–water partition coefficient (Wildman–Crippen LogP) is 1.39. The number of benzene rings is 1. The smallest absolute Gasteiger partial charge is 0.190 e. The number of likely N-dealkylation sites (N-methyl/N-ethyl adjacent to an activating group) is 1. The summed E-state index contributed by atoms with van der Waals surface area (Å²) in [7, 11) is 3.69. The molecule has 0 amide bonds. The molecule has 0 aromatic heterocycles. The minimum absolute atomic E-state index is 0.142. The molecule has 0 aliphatic carbocycles. The summed E-state index contributed by atoms with van der Waals surface area (Å²) >= 11 is 0. The molecule has 1 aromatic rings. The highest BCUT2D eigenvalue weighted by molar-refractivity contribution is 5.31. The number of nitrogens with zero attached hydrogens (tertiary/aromatic N) is 1. The van der Waals surface area contributed by atoms with Crippen LogP contribution in [-0.2, 0) is 11.3 Å². The van der Waals surface area contributed by atoms with Crippen molar-refractivity contribution in [3.63, 3.8) is 0 Å². The summed E-state index contributed by atoms with van der Waals surface area (Å²) in [6.07, 6.45) is -0.162. The fourth-order valence-corrected chi connectivity index (χ4v) is 2.20. The number of hydrogen-bond donors (Lipinski definition) is 1. The van der Waals surface area contributed by atoms with Gasteiger partial charge in [-0.3, -0.25) is 0 Å². The van der Waals surface area contributed by atoms with Crippen LogP contribution >= 0.6 is 0 Å². The van der Waals surface area contributed by atoms with Crippen LogP contribution in [0.25, 0.3) is 0 Å². The van der Waals surface area contributed by atoms with E-state index in [-0.39, 0.29) is 18.5 Å². The summed E-state index contributed by atoms with van der Waals surface area (Å²) in [5.41, 5.74) is 0.545. The van der Waals surface area contributed by atoms with Crippen LogP contribution in [0, 0.1) is 11.6 Å². The fourth-order valence-electron chi connectivity index (χ4n) is 2.20. The first-order valence-corrected chi connectivity index (χ1v) is 6.65. The van der Waals surface area contributed by atoms with Gasteiger partial charge in [0.15, 0.2) is 17.4 Å². The second-order valence-electron chi connectivity index (χ2n) is 4.98. The van der Waals surface area contributed by atoms with E-state index in [2.05, 4.69) is 10.2 Å². The average molecular weight is 286 g/mol. The Kier molecular flexibility index (Phi) is 5.28. The standard InChI is InChI=1S/C14H20F2N2O2/c1-17-7-10-5-12(15)14(13(16)6-10)20-9-11-8-18(2)3-4-19-11/h5-6,11,17H,3-4,7-9H2,1-2H3. The van der Waals surface area contributed by atoms with Crippen LogP contribution in [0.4, 0.5) is 8.78 Å². The zero-order valence-corrected chi connectivity index (χ0v) is 11.8. The molecule has 1 aromatic carbocycles. The molecule has 1 unspecified atom stereocenters. The molecule has 2 rings (SSSR count). The molecule has 0 bridgehead atoms. The Bertz CT molecular complexity index is 434. The fraction of sp³-hybridized carbons (Fsp3) is 0.571. The molecule has 1 N–H and O–H groups in total. The first-order valence-electron chi connectivity index (χ1n) is 6.65. The van der Waals surface area contributed by atoms with Gasteiger partial charge in [0.2, 0.25) is 0 Å². The van der Waals surface area contributed by atoms with Crippen molar-refractivity contribution in [3.8, 4) is 5.75 Å².